The Kier molecular flexibility index (Phi) is 10.8. The van der Waals surface area contributed by atoms with Gasteiger partial charge in [-0.15, -0.1) is 0 Å². The Hall–Kier alpha value is -3.37. The van der Waals surface area contributed by atoms with Crippen molar-refractivity contribution in [1.82, 2.24) is 10.2 Å². The number of nitrogens with one attached hydrogen (secondary N) is 1. The van der Waals surface area contributed by atoms with Crippen molar-refractivity contribution in [1.29, 1.82) is 0 Å². The van der Waals surface area contributed by atoms with Crippen LogP contribution >= 0.6 is 0 Å². The standard InChI is InChI=1S/C21H25F3N2O.C4H4O4/c1-2-27-20-10-6-4-8-17(20)15-26(18-11-12-25-13-18)14-16-7-3-5-9-19(16)21(22,23)24;5-3(6)1-2-4(7)8/h3-10,18,25H,2,11-15H2,1H3;1-2H,(H,5,6)(H,7,8)/b;2-1+/t18-;/m0./s1. The van der Waals surface area contributed by atoms with Gasteiger partial charge in [-0.1, -0.05) is 36.4 Å². The first-order valence-electron chi connectivity index (χ1n) is 11.1. The number of nitrogens with zero attached hydrogens (tertiary/aromatic N) is 1. The Morgan fingerprint density at radius 3 is 2.14 bits per heavy atom. The zero-order valence-electron chi connectivity index (χ0n) is 19.3. The Morgan fingerprint density at radius 2 is 1.60 bits per heavy atom. The lowest BCUT2D eigenvalue weighted by atomic mass is 10.0. The first-order chi connectivity index (χ1) is 16.6. The number of ether oxygens (including phenoxy) is 1. The molecule has 1 heterocycles. The minimum atomic E-state index is -4.35. The van der Waals surface area contributed by atoms with E-state index in [0.29, 0.717) is 30.9 Å². The lowest BCUT2D eigenvalue weighted by Crippen LogP contribution is -2.36. The van der Waals surface area contributed by atoms with Gasteiger partial charge in [-0.2, -0.15) is 13.2 Å². The Bertz CT molecular complexity index is 989. The molecule has 0 radical (unpaired) electrons. The zero-order chi connectivity index (χ0) is 25.8. The maximum absolute atomic E-state index is 13.4. The van der Waals surface area contributed by atoms with Crippen LogP contribution in [0.5, 0.6) is 5.75 Å². The molecule has 2 aromatic carbocycles. The van der Waals surface area contributed by atoms with Gasteiger partial charge < -0.3 is 20.3 Å². The average molecular weight is 495 g/mol. The van der Waals surface area contributed by atoms with Crippen LogP contribution in [0.2, 0.25) is 0 Å². The molecule has 1 saturated heterocycles. The van der Waals surface area contributed by atoms with Gasteiger partial charge in [-0.05, 0) is 37.6 Å². The third kappa shape index (κ3) is 9.42. The first kappa shape index (κ1) is 27.9. The molecular weight excluding hydrogens is 465 g/mol. The van der Waals surface area contributed by atoms with Crippen LogP contribution in [0.15, 0.2) is 60.7 Å². The highest BCUT2D eigenvalue weighted by Crippen LogP contribution is 2.33. The molecule has 0 bridgehead atoms. The van der Waals surface area contributed by atoms with Crippen LogP contribution in [0.25, 0.3) is 0 Å². The SMILES string of the molecule is CCOc1ccccc1CN(Cc1ccccc1C(F)(F)F)[C@H]1CCNC1.O=C(O)/C=C/C(=O)O. The van der Waals surface area contributed by atoms with Crippen molar-refractivity contribution in [2.75, 3.05) is 19.7 Å². The van der Waals surface area contributed by atoms with Gasteiger partial charge in [-0.25, -0.2) is 9.59 Å². The number of halogens is 3. The number of para-hydroxylation sites is 1. The van der Waals surface area contributed by atoms with E-state index in [0.717, 1.165) is 36.9 Å². The highest BCUT2D eigenvalue weighted by atomic mass is 19.4. The summed E-state index contributed by atoms with van der Waals surface area (Å²) in [5.74, 6) is -1.72. The average Bonchev–Trinajstić information content (AvgIpc) is 3.34. The number of carboxylic acid groups (broad SMARTS) is 2. The molecule has 0 aromatic heterocycles. The highest BCUT2D eigenvalue weighted by Gasteiger charge is 2.34. The predicted octanol–water partition coefficient (Wildman–Crippen LogP) is 4.18. The molecular formula is C25H29F3N2O5. The number of carbonyl (C=O) groups is 2. The van der Waals surface area contributed by atoms with Crippen molar-refractivity contribution in [2.45, 2.75) is 38.7 Å². The van der Waals surface area contributed by atoms with Crippen molar-refractivity contribution in [3.63, 3.8) is 0 Å². The predicted molar refractivity (Wildman–Crippen MR) is 124 cm³/mol. The summed E-state index contributed by atoms with van der Waals surface area (Å²) in [6.45, 7) is 4.95. The van der Waals surface area contributed by atoms with Gasteiger partial charge in [0, 0.05) is 43.4 Å². The fourth-order valence-electron chi connectivity index (χ4n) is 3.71. The Labute approximate surface area is 201 Å². The van der Waals surface area contributed by atoms with Crippen LogP contribution in [0, 0.1) is 0 Å². The Balaban J connectivity index is 0.000000466. The second-order valence-electron chi connectivity index (χ2n) is 7.76. The molecule has 190 valence electrons. The van der Waals surface area contributed by atoms with Crippen LogP contribution in [0.4, 0.5) is 13.2 Å². The van der Waals surface area contributed by atoms with Gasteiger partial charge in [0.1, 0.15) is 5.75 Å². The molecule has 7 nitrogen and oxygen atoms in total. The molecule has 2 aromatic rings. The van der Waals surface area contributed by atoms with Crippen molar-refractivity contribution in [2.24, 2.45) is 0 Å². The van der Waals surface area contributed by atoms with Crippen molar-refractivity contribution in [3.8, 4) is 5.75 Å². The quantitative estimate of drug-likeness (QED) is 0.450. The smallest absolute Gasteiger partial charge is 0.416 e. The monoisotopic (exact) mass is 494 g/mol. The van der Waals surface area contributed by atoms with Crippen LogP contribution in [-0.2, 0) is 28.9 Å². The fraction of sp³-hybridized carbons (Fsp3) is 0.360. The third-order valence-corrected chi connectivity index (χ3v) is 5.26. The number of hydrogen-bond acceptors (Lipinski definition) is 5. The van der Waals surface area contributed by atoms with Crippen LogP contribution in [0.1, 0.15) is 30.0 Å². The maximum Gasteiger partial charge on any atom is 0.416 e. The van der Waals surface area contributed by atoms with Gasteiger partial charge >= 0.3 is 18.1 Å². The summed E-state index contributed by atoms with van der Waals surface area (Å²) in [5, 5.41) is 18.9. The van der Waals surface area contributed by atoms with Crippen molar-refractivity contribution < 1.29 is 37.7 Å². The first-order valence-corrected chi connectivity index (χ1v) is 11.1. The molecule has 0 saturated carbocycles. The van der Waals surface area contributed by atoms with E-state index in [2.05, 4.69) is 10.2 Å². The second-order valence-corrected chi connectivity index (χ2v) is 7.76. The normalized spacial score (nSPS) is 15.6. The van der Waals surface area contributed by atoms with E-state index < -0.39 is 23.7 Å². The largest absolute Gasteiger partial charge is 0.494 e. The number of carboxylic acids is 2. The molecule has 0 unspecified atom stereocenters. The van der Waals surface area contributed by atoms with E-state index in [1.54, 1.807) is 12.1 Å². The summed E-state index contributed by atoms with van der Waals surface area (Å²) >= 11 is 0. The van der Waals surface area contributed by atoms with E-state index in [1.165, 1.54) is 6.07 Å². The van der Waals surface area contributed by atoms with Gasteiger partial charge in [0.05, 0.1) is 12.2 Å². The van der Waals surface area contributed by atoms with Crippen LogP contribution < -0.4 is 10.1 Å². The van der Waals surface area contributed by atoms with E-state index in [9.17, 15) is 22.8 Å². The fourth-order valence-corrected chi connectivity index (χ4v) is 3.71. The molecule has 1 aliphatic rings. The van der Waals surface area contributed by atoms with Crippen LogP contribution in [0.3, 0.4) is 0 Å². The summed E-state index contributed by atoms with van der Waals surface area (Å²) < 4.78 is 46.0. The Morgan fingerprint density at radius 1 is 1.03 bits per heavy atom. The summed E-state index contributed by atoms with van der Waals surface area (Å²) in [6.07, 6.45) is -2.31. The summed E-state index contributed by atoms with van der Waals surface area (Å²) in [7, 11) is 0. The van der Waals surface area contributed by atoms with Gasteiger partial charge in [0.25, 0.3) is 0 Å². The van der Waals surface area contributed by atoms with E-state index in [4.69, 9.17) is 14.9 Å². The lowest BCUT2D eigenvalue weighted by Gasteiger charge is -2.30. The summed E-state index contributed by atoms with van der Waals surface area (Å²) in [5.41, 5.74) is 0.751. The van der Waals surface area contributed by atoms with Crippen molar-refractivity contribution in [3.05, 3.63) is 77.4 Å². The molecule has 1 fully saturated rings. The lowest BCUT2D eigenvalue weighted by molar-refractivity contribution is -0.138. The summed E-state index contributed by atoms with van der Waals surface area (Å²) in [4.78, 5) is 21.2. The van der Waals surface area contributed by atoms with Gasteiger partial charge in [0.15, 0.2) is 0 Å². The van der Waals surface area contributed by atoms with E-state index in [-0.39, 0.29) is 12.6 Å². The molecule has 0 amide bonds. The molecule has 10 heteroatoms. The third-order valence-electron chi connectivity index (χ3n) is 5.26. The summed E-state index contributed by atoms with van der Waals surface area (Å²) in [6, 6.07) is 13.8. The van der Waals surface area contributed by atoms with E-state index >= 15 is 0 Å². The molecule has 35 heavy (non-hydrogen) atoms. The minimum Gasteiger partial charge on any atom is -0.494 e. The van der Waals surface area contributed by atoms with Crippen LogP contribution in [-0.4, -0.2) is 52.8 Å². The minimum absolute atomic E-state index is 0.195. The molecule has 1 atom stereocenters. The highest BCUT2D eigenvalue weighted by molar-refractivity contribution is 5.89. The second kappa shape index (κ2) is 13.5. The number of aliphatic carboxylic acids is 2. The number of alkyl halides is 3. The molecule has 3 N–H and O–H groups in total. The van der Waals surface area contributed by atoms with Gasteiger partial charge in [-0.3, -0.25) is 4.90 Å². The van der Waals surface area contributed by atoms with Crippen molar-refractivity contribution >= 4 is 11.9 Å². The van der Waals surface area contributed by atoms with Gasteiger partial charge in [0.2, 0.25) is 0 Å². The molecule has 3 rings (SSSR count). The maximum atomic E-state index is 13.4. The molecule has 0 spiro atoms. The van der Waals surface area contributed by atoms with E-state index in [1.807, 2.05) is 31.2 Å². The topological polar surface area (TPSA) is 99.1 Å². The molecule has 1 aliphatic heterocycles. The number of rotatable bonds is 9. The number of hydrogen-bond donors (Lipinski definition) is 3. The molecule has 0 aliphatic carbocycles. The number of benzene rings is 2. The zero-order valence-corrected chi connectivity index (χ0v) is 19.3.